The molecule has 0 amide bonds. The number of aliphatic hydroxyl groups is 1. The van der Waals surface area contributed by atoms with E-state index in [0.717, 1.165) is 5.88 Å². The van der Waals surface area contributed by atoms with Gasteiger partial charge in [0.2, 0.25) is 0 Å². The first-order chi connectivity index (χ1) is 10.8. The number of hydrogen-bond acceptors (Lipinski definition) is 1. The zero-order chi connectivity index (χ0) is 16.7. The predicted octanol–water partition coefficient (Wildman–Crippen LogP) is 7.49. The first kappa shape index (κ1) is 24.5. The van der Waals surface area contributed by atoms with Gasteiger partial charge >= 0.3 is 0 Å². The monoisotopic (exact) mass is 334 g/mol. The van der Waals surface area contributed by atoms with Crippen molar-refractivity contribution in [3.63, 3.8) is 0 Å². The molecule has 2 heteroatoms. The Morgan fingerprint density at radius 3 is 0.955 bits per heavy atom. The fourth-order valence-corrected chi connectivity index (χ4v) is 2.83. The highest BCUT2D eigenvalue weighted by Crippen LogP contribution is 2.13. The minimum Gasteiger partial charge on any atom is -0.397 e. The van der Waals surface area contributed by atoms with E-state index < -0.39 is 0 Å². The van der Waals surface area contributed by atoms with Crippen LogP contribution >= 0.6 is 11.6 Å². The highest BCUT2D eigenvalue weighted by atomic mass is 35.5. The summed E-state index contributed by atoms with van der Waals surface area (Å²) in [7, 11) is 0. The molecular weight excluding hydrogens is 292 g/mol. The van der Waals surface area contributed by atoms with E-state index in [1.165, 1.54) is 103 Å². The minimum absolute atomic E-state index is 0.250. The molecule has 0 saturated carbocycles. The number of hydrogen-bond donors (Lipinski definition) is 1. The van der Waals surface area contributed by atoms with Gasteiger partial charge in [-0.25, -0.2) is 0 Å². The Balaban J connectivity index is 0. The molecule has 0 unspecified atom stereocenters. The third-order valence-corrected chi connectivity index (χ3v) is 4.25. The summed E-state index contributed by atoms with van der Waals surface area (Å²) in [4.78, 5) is 0. The molecule has 0 rings (SSSR count). The third kappa shape index (κ3) is 28.4. The second kappa shape index (κ2) is 26.2. The van der Waals surface area contributed by atoms with Crippen LogP contribution in [0.1, 0.15) is 117 Å². The van der Waals surface area contributed by atoms with Gasteiger partial charge in [0, 0.05) is 12.5 Å². The lowest BCUT2D eigenvalue weighted by atomic mass is 10.0. The predicted molar refractivity (Wildman–Crippen MR) is 103 cm³/mol. The molecule has 0 radical (unpaired) electrons. The molecule has 0 aromatic rings. The Bertz CT molecular complexity index is 146. The van der Waals surface area contributed by atoms with Crippen molar-refractivity contribution in [2.45, 2.75) is 117 Å². The topological polar surface area (TPSA) is 20.2 Å². The zero-order valence-electron chi connectivity index (χ0n) is 15.6. The SMILES string of the molecule is CCCCCCCCCCCCCCCCCCCl.CCO. The van der Waals surface area contributed by atoms with E-state index in [4.69, 9.17) is 16.7 Å². The molecule has 0 spiro atoms. The summed E-state index contributed by atoms with van der Waals surface area (Å²) in [5.74, 6) is 0.846. The van der Waals surface area contributed by atoms with Gasteiger partial charge in [-0.15, -0.1) is 11.6 Å². The Morgan fingerprint density at radius 1 is 0.500 bits per heavy atom. The minimum atomic E-state index is 0.250. The van der Waals surface area contributed by atoms with Crippen LogP contribution in [0.15, 0.2) is 0 Å². The number of rotatable bonds is 16. The van der Waals surface area contributed by atoms with Crippen molar-refractivity contribution >= 4 is 11.6 Å². The fourth-order valence-electron chi connectivity index (χ4n) is 2.64. The molecule has 0 atom stereocenters. The van der Waals surface area contributed by atoms with Crippen molar-refractivity contribution in [2.75, 3.05) is 12.5 Å². The maximum atomic E-state index is 7.57. The van der Waals surface area contributed by atoms with Crippen molar-refractivity contribution in [1.82, 2.24) is 0 Å². The molecule has 136 valence electrons. The molecule has 0 fully saturated rings. The van der Waals surface area contributed by atoms with E-state index in [2.05, 4.69) is 6.92 Å². The Hall–Kier alpha value is 0.250. The van der Waals surface area contributed by atoms with Gasteiger partial charge in [-0.2, -0.15) is 0 Å². The van der Waals surface area contributed by atoms with Crippen LogP contribution < -0.4 is 0 Å². The number of alkyl halides is 1. The van der Waals surface area contributed by atoms with Crippen LogP contribution in [0, 0.1) is 0 Å². The maximum Gasteiger partial charge on any atom is 0.0402 e. The van der Waals surface area contributed by atoms with Crippen LogP contribution in [0.2, 0.25) is 0 Å². The van der Waals surface area contributed by atoms with Gasteiger partial charge in [0.05, 0.1) is 0 Å². The Labute approximate surface area is 146 Å². The summed E-state index contributed by atoms with van der Waals surface area (Å²) in [6.07, 6.45) is 22.8. The standard InChI is InChI=1S/C18H37Cl.C2H6O/c1-2-3-4-5-6-7-8-9-10-11-12-13-14-15-16-17-18-19;1-2-3/h2-18H2,1H3;3H,2H2,1H3. The zero-order valence-corrected chi connectivity index (χ0v) is 16.3. The lowest BCUT2D eigenvalue weighted by Gasteiger charge is -2.03. The molecule has 22 heavy (non-hydrogen) atoms. The lowest BCUT2D eigenvalue weighted by Crippen LogP contribution is -1.83. The van der Waals surface area contributed by atoms with Gasteiger partial charge in [-0.1, -0.05) is 103 Å². The molecule has 0 aromatic carbocycles. The Kier molecular flexibility index (Phi) is 29.1. The van der Waals surface area contributed by atoms with E-state index in [9.17, 15) is 0 Å². The van der Waals surface area contributed by atoms with Crippen LogP contribution in [0.3, 0.4) is 0 Å². The smallest absolute Gasteiger partial charge is 0.0402 e. The highest BCUT2D eigenvalue weighted by molar-refractivity contribution is 6.17. The van der Waals surface area contributed by atoms with Crippen molar-refractivity contribution in [1.29, 1.82) is 0 Å². The molecule has 0 aliphatic carbocycles. The second-order valence-corrected chi connectivity index (χ2v) is 6.69. The van der Waals surface area contributed by atoms with E-state index in [0.29, 0.717) is 0 Å². The van der Waals surface area contributed by atoms with Crippen LogP contribution in [0.4, 0.5) is 0 Å². The Morgan fingerprint density at radius 2 is 0.727 bits per heavy atom. The average Bonchev–Trinajstić information content (AvgIpc) is 2.52. The van der Waals surface area contributed by atoms with Gasteiger partial charge in [-0.05, 0) is 13.3 Å². The second-order valence-electron chi connectivity index (χ2n) is 6.31. The average molecular weight is 335 g/mol. The largest absolute Gasteiger partial charge is 0.397 e. The normalized spacial score (nSPS) is 10.4. The van der Waals surface area contributed by atoms with Gasteiger partial charge in [0.15, 0.2) is 0 Å². The summed E-state index contributed by atoms with van der Waals surface area (Å²) >= 11 is 5.66. The summed E-state index contributed by atoms with van der Waals surface area (Å²) in [6, 6.07) is 0. The molecule has 0 aromatic heterocycles. The van der Waals surface area contributed by atoms with Gasteiger partial charge < -0.3 is 5.11 Å². The van der Waals surface area contributed by atoms with Crippen molar-refractivity contribution in [3.8, 4) is 0 Å². The molecule has 0 saturated heterocycles. The maximum absolute atomic E-state index is 7.57. The van der Waals surface area contributed by atoms with E-state index in [1.807, 2.05) is 0 Å². The quantitative estimate of drug-likeness (QED) is 0.229. The highest BCUT2D eigenvalue weighted by Gasteiger charge is 1.94. The van der Waals surface area contributed by atoms with Crippen molar-refractivity contribution in [2.24, 2.45) is 0 Å². The van der Waals surface area contributed by atoms with Crippen molar-refractivity contribution in [3.05, 3.63) is 0 Å². The van der Waals surface area contributed by atoms with Crippen LogP contribution in [0.5, 0.6) is 0 Å². The third-order valence-electron chi connectivity index (χ3n) is 3.99. The molecular formula is C20H43ClO. The first-order valence-electron chi connectivity index (χ1n) is 10.00. The number of halogens is 1. The fraction of sp³-hybridized carbons (Fsp3) is 1.00. The lowest BCUT2D eigenvalue weighted by molar-refractivity contribution is 0.318. The van der Waals surface area contributed by atoms with Gasteiger partial charge in [-0.3, -0.25) is 0 Å². The summed E-state index contributed by atoms with van der Waals surface area (Å²) in [6.45, 7) is 4.22. The summed E-state index contributed by atoms with van der Waals surface area (Å²) in [5.41, 5.74) is 0. The van der Waals surface area contributed by atoms with Crippen LogP contribution in [-0.2, 0) is 0 Å². The molecule has 0 heterocycles. The van der Waals surface area contributed by atoms with Crippen LogP contribution in [0.25, 0.3) is 0 Å². The van der Waals surface area contributed by atoms with E-state index >= 15 is 0 Å². The molecule has 0 aliphatic heterocycles. The molecule has 0 aliphatic rings. The van der Waals surface area contributed by atoms with Gasteiger partial charge in [0.25, 0.3) is 0 Å². The van der Waals surface area contributed by atoms with Crippen molar-refractivity contribution < 1.29 is 5.11 Å². The summed E-state index contributed by atoms with van der Waals surface area (Å²) in [5, 5.41) is 7.57. The van der Waals surface area contributed by atoms with Crippen LogP contribution in [-0.4, -0.2) is 17.6 Å². The summed E-state index contributed by atoms with van der Waals surface area (Å²) < 4.78 is 0. The van der Waals surface area contributed by atoms with E-state index in [1.54, 1.807) is 6.92 Å². The molecule has 0 bridgehead atoms. The molecule has 1 N–H and O–H groups in total. The number of aliphatic hydroxyl groups excluding tert-OH is 1. The first-order valence-corrected chi connectivity index (χ1v) is 10.5. The van der Waals surface area contributed by atoms with E-state index in [-0.39, 0.29) is 6.61 Å². The van der Waals surface area contributed by atoms with Gasteiger partial charge in [0.1, 0.15) is 0 Å². The molecule has 1 nitrogen and oxygen atoms in total. The number of unbranched alkanes of at least 4 members (excludes halogenated alkanes) is 15.